The lowest BCUT2D eigenvalue weighted by atomic mass is 10.1. The molecule has 24 heavy (non-hydrogen) atoms. The summed E-state index contributed by atoms with van der Waals surface area (Å²) in [4.78, 5) is 26.6. The number of fused-ring (bicyclic) bond motifs is 1. The summed E-state index contributed by atoms with van der Waals surface area (Å²) in [5.41, 5.74) is 7.64. The number of carbonyl (C=O) groups excluding carboxylic acids is 1. The first-order valence-corrected chi connectivity index (χ1v) is 7.14. The van der Waals surface area contributed by atoms with E-state index in [-0.39, 0.29) is 31.9 Å². The average molecular weight is 332 g/mol. The van der Waals surface area contributed by atoms with Gasteiger partial charge >= 0.3 is 5.63 Å². The molecule has 2 aromatic rings. The molecule has 0 aliphatic carbocycles. The second-order valence-corrected chi connectivity index (χ2v) is 4.67. The monoisotopic (exact) mass is 332 g/mol. The minimum Gasteiger partial charge on any atom is -0.497 e. The Labute approximate surface area is 136 Å². The van der Waals surface area contributed by atoms with Crippen molar-refractivity contribution in [3.8, 4) is 5.75 Å². The van der Waals surface area contributed by atoms with Gasteiger partial charge in [0.15, 0.2) is 0 Å². The van der Waals surface area contributed by atoms with Gasteiger partial charge in [-0.25, -0.2) is 4.79 Å². The van der Waals surface area contributed by atoms with Gasteiger partial charge in [-0.1, -0.05) is 5.11 Å². The molecular weight excluding hydrogens is 316 g/mol. The van der Waals surface area contributed by atoms with E-state index in [0.717, 1.165) is 0 Å². The predicted octanol–water partition coefficient (Wildman–Crippen LogP) is 1.86. The third-order valence-electron chi connectivity index (χ3n) is 3.12. The van der Waals surface area contributed by atoms with E-state index < -0.39 is 11.5 Å². The molecule has 0 radical (unpaired) electrons. The van der Waals surface area contributed by atoms with Crippen LogP contribution in [0.3, 0.4) is 0 Å². The topological polar surface area (TPSA) is 127 Å². The fourth-order valence-corrected chi connectivity index (χ4v) is 1.96. The summed E-state index contributed by atoms with van der Waals surface area (Å²) in [6.07, 6.45) is 0. The summed E-state index contributed by atoms with van der Waals surface area (Å²) in [6, 6.07) is 6.46. The van der Waals surface area contributed by atoms with Crippen molar-refractivity contribution in [2.75, 3.05) is 33.4 Å². The summed E-state index contributed by atoms with van der Waals surface area (Å²) < 4.78 is 15.4. The van der Waals surface area contributed by atoms with Crippen LogP contribution in [0.15, 0.2) is 38.6 Å². The summed E-state index contributed by atoms with van der Waals surface area (Å²) in [5, 5.41) is 6.49. The summed E-state index contributed by atoms with van der Waals surface area (Å²) >= 11 is 0. The zero-order valence-electron chi connectivity index (χ0n) is 13.0. The van der Waals surface area contributed by atoms with Crippen molar-refractivity contribution in [2.24, 2.45) is 5.11 Å². The molecule has 2 rings (SSSR count). The molecule has 0 aliphatic heterocycles. The Hall–Kier alpha value is -3.03. The fraction of sp³-hybridized carbons (Fsp3) is 0.333. The molecule has 0 atom stereocenters. The highest BCUT2D eigenvalue weighted by Crippen LogP contribution is 2.20. The van der Waals surface area contributed by atoms with E-state index in [1.165, 1.54) is 13.2 Å². The van der Waals surface area contributed by atoms with Crippen LogP contribution >= 0.6 is 0 Å². The van der Waals surface area contributed by atoms with E-state index in [1.807, 2.05) is 0 Å². The summed E-state index contributed by atoms with van der Waals surface area (Å²) in [6.45, 7) is 0.944. The molecule has 0 fully saturated rings. The number of hydrogen-bond acceptors (Lipinski definition) is 6. The van der Waals surface area contributed by atoms with Gasteiger partial charge in [-0.3, -0.25) is 4.79 Å². The molecular formula is C15H16N4O5. The molecule has 0 unspecified atom stereocenters. The van der Waals surface area contributed by atoms with Crippen LogP contribution in [0, 0.1) is 0 Å². The zero-order valence-corrected chi connectivity index (χ0v) is 13.0. The van der Waals surface area contributed by atoms with Crippen LogP contribution < -0.4 is 15.7 Å². The molecule has 9 heteroatoms. The van der Waals surface area contributed by atoms with Crippen molar-refractivity contribution in [1.82, 2.24) is 5.32 Å². The maximum Gasteiger partial charge on any atom is 0.349 e. The zero-order chi connectivity index (χ0) is 17.4. The van der Waals surface area contributed by atoms with Crippen molar-refractivity contribution in [1.29, 1.82) is 0 Å². The van der Waals surface area contributed by atoms with Crippen molar-refractivity contribution in [2.45, 2.75) is 0 Å². The number of amides is 1. The van der Waals surface area contributed by atoms with Crippen LogP contribution in [0.1, 0.15) is 10.4 Å². The minimum absolute atomic E-state index is 0.0817. The number of azide groups is 1. The predicted molar refractivity (Wildman–Crippen MR) is 86.2 cm³/mol. The lowest BCUT2D eigenvalue weighted by Gasteiger charge is -2.06. The van der Waals surface area contributed by atoms with Crippen LogP contribution in [0.5, 0.6) is 5.75 Å². The molecule has 126 valence electrons. The van der Waals surface area contributed by atoms with E-state index in [2.05, 4.69) is 15.3 Å². The van der Waals surface area contributed by atoms with E-state index in [0.29, 0.717) is 16.7 Å². The first-order chi connectivity index (χ1) is 11.7. The number of rotatable bonds is 8. The lowest BCUT2D eigenvalue weighted by molar-refractivity contribution is 0.0916. The number of ether oxygens (including phenoxy) is 2. The maximum absolute atomic E-state index is 12.0. The van der Waals surface area contributed by atoms with Gasteiger partial charge in [-0.05, 0) is 23.7 Å². The average Bonchev–Trinajstić information content (AvgIpc) is 2.59. The molecule has 1 heterocycles. The van der Waals surface area contributed by atoms with Gasteiger partial charge in [0.05, 0.1) is 20.3 Å². The molecule has 0 saturated heterocycles. The Morgan fingerprint density at radius 3 is 2.96 bits per heavy atom. The molecule has 1 aromatic heterocycles. The maximum atomic E-state index is 12.0. The largest absolute Gasteiger partial charge is 0.497 e. The Morgan fingerprint density at radius 2 is 2.21 bits per heavy atom. The Bertz CT molecular complexity index is 826. The third kappa shape index (κ3) is 4.48. The SMILES string of the molecule is COc1ccc2cc(C(=O)NCCOCCN=[N+]=[N-])c(=O)oc2c1. The molecule has 1 N–H and O–H groups in total. The number of nitrogens with zero attached hydrogens (tertiary/aromatic N) is 3. The first kappa shape index (κ1) is 17.3. The minimum atomic E-state index is -0.725. The number of carbonyl (C=O) groups is 1. The summed E-state index contributed by atoms with van der Waals surface area (Å²) in [7, 11) is 1.51. The van der Waals surface area contributed by atoms with Gasteiger partial charge in [-0.2, -0.15) is 0 Å². The van der Waals surface area contributed by atoms with Gasteiger partial charge in [0, 0.05) is 29.5 Å². The Balaban J connectivity index is 1.98. The Morgan fingerprint density at radius 1 is 1.38 bits per heavy atom. The molecule has 0 aliphatic rings. The van der Waals surface area contributed by atoms with Gasteiger partial charge < -0.3 is 19.2 Å². The third-order valence-corrected chi connectivity index (χ3v) is 3.12. The van der Waals surface area contributed by atoms with Gasteiger partial charge in [0.2, 0.25) is 0 Å². The normalized spacial score (nSPS) is 10.2. The number of hydrogen-bond donors (Lipinski definition) is 1. The van der Waals surface area contributed by atoms with Crippen LogP contribution in [0.2, 0.25) is 0 Å². The molecule has 0 bridgehead atoms. The standard InChI is InChI=1S/C15H16N4O5/c1-22-11-3-2-10-8-12(15(21)24-13(10)9-11)14(20)17-4-6-23-7-5-18-19-16/h2-3,8-9H,4-7H2,1H3,(H,17,20). The van der Waals surface area contributed by atoms with Gasteiger partial charge in [-0.15, -0.1) is 0 Å². The smallest absolute Gasteiger partial charge is 0.349 e. The van der Waals surface area contributed by atoms with Crippen molar-refractivity contribution in [3.63, 3.8) is 0 Å². The highest BCUT2D eigenvalue weighted by Gasteiger charge is 2.13. The highest BCUT2D eigenvalue weighted by molar-refractivity contribution is 5.96. The summed E-state index contributed by atoms with van der Waals surface area (Å²) in [5.74, 6) is 0.0147. The Kier molecular flexibility index (Phi) is 6.18. The van der Waals surface area contributed by atoms with Crippen molar-refractivity contribution in [3.05, 3.63) is 50.7 Å². The molecule has 0 spiro atoms. The van der Waals surface area contributed by atoms with E-state index in [4.69, 9.17) is 19.4 Å². The van der Waals surface area contributed by atoms with Crippen LogP contribution in [0.25, 0.3) is 21.4 Å². The molecule has 0 saturated carbocycles. The molecule has 1 aromatic carbocycles. The molecule has 9 nitrogen and oxygen atoms in total. The van der Waals surface area contributed by atoms with E-state index in [1.54, 1.807) is 18.2 Å². The first-order valence-electron chi connectivity index (χ1n) is 7.14. The number of benzene rings is 1. The van der Waals surface area contributed by atoms with Gasteiger partial charge in [0.1, 0.15) is 16.9 Å². The second-order valence-electron chi connectivity index (χ2n) is 4.67. The van der Waals surface area contributed by atoms with Crippen LogP contribution in [-0.4, -0.2) is 39.3 Å². The highest BCUT2D eigenvalue weighted by atomic mass is 16.5. The number of methoxy groups -OCH3 is 1. The van der Waals surface area contributed by atoms with E-state index >= 15 is 0 Å². The number of nitrogens with one attached hydrogen (secondary N) is 1. The van der Waals surface area contributed by atoms with Crippen LogP contribution in [0.4, 0.5) is 0 Å². The molecule has 1 amide bonds. The lowest BCUT2D eigenvalue weighted by Crippen LogP contribution is -2.31. The van der Waals surface area contributed by atoms with Crippen LogP contribution in [-0.2, 0) is 4.74 Å². The second kappa shape index (κ2) is 8.56. The van der Waals surface area contributed by atoms with E-state index in [9.17, 15) is 9.59 Å². The fourth-order valence-electron chi connectivity index (χ4n) is 1.96. The van der Waals surface area contributed by atoms with Crippen molar-refractivity contribution >= 4 is 16.9 Å². The van der Waals surface area contributed by atoms with Crippen molar-refractivity contribution < 1.29 is 18.7 Å². The van der Waals surface area contributed by atoms with Gasteiger partial charge in [0.25, 0.3) is 5.91 Å². The quantitative estimate of drug-likeness (QED) is 0.259.